The van der Waals surface area contributed by atoms with E-state index in [-0.39, 0.29) is 29.6 Å². The molecule has 32 heavy (non-hydrogen) atoms. The lowest BCUT2D eigenvalue weighted by atomic mass is 9.71. The smallest absolute Gasteiger partial charge is 0.248 e. The normalized spacial score (nSPS) is 30.6. The Bertz CT molecular complexity index is 1090. The van der Waals surface area contributed by atoms with Gasteiger partial charge in [0.1, 0.15) is 6.04 Å². The summed E-state index contributed by atoms with van der Waals surface area (Å²) in [5.74, 6) is -1.40. The highest BCUT2D eigenvalue weighted by Crippen LogP contribution is 2.66. The largest absolute Gasteiger partial charge is 0.396 e. The van der Waals surface area contributed by atoms with Crippen LogP contribution in [0.15, 0.2) is 42.5 Å². The maximum Gasteiger partial charge on any atom is 0.248 e. The summed E-state index contributed by atoms with van der Waals surface area (Å²) in [7, 11) is 1.60. The van der Waals surface area contributed by atoms with Crippen LogP contribution in [0.5, 0.6) is 0 Å². The molecule has 8 heteroatoms. The number of thioether (sulfide) groups is 1. The molecule has 3 aliphatic heterocycles. The van der Waals surface area contributed by atoms with Gasteiger partial charge in [0.05, 0.1) is 16.6 Å². The molecule has 3 N–H and O–H groups in total. The Morgan fingerprint density at radius 1 is 1.19 bits per heavy atom. The molecule has 5 rings (SSSR count). The number of hydrogen-bond acceptors (Lipinski definition) is 5. The topological polar surface area (TPSA) is 98.7 Å². The number of aliphatic hydroxyl groups excluding tert-OH is 1. The van der Waals surface area contributed by atoms with Crippen LogP contribution in [0.3, 0.4) is 0 Å². The van der Waals surface area contributed by atoms with E-state index in [0.29, 0.717) is 18.7 Å². The van der Waals surface area contributed by atoms with Crippen molar-refractivity contribution in [1.29, 1.82) is 0 Å². The minimum atomic E-state index is -0.664. The molecule has 3 fully saturated rings. The molecule has 3 saturated heterocycles. The minimum absolute atomic E-state index is 0.0554. The molecule has 168 valence electrons. The average Bonchev–Trinajstić information content (AvgIpc) is 3.44. The summed E-state index contributed by atoms with van der Waals surface area (Å²) >= 11 is 1.65. The zero-order chi connectivity index (χ0) is 22.5. The van der Waals surface area contributed by atoms with Crippen molar-refractivity contribution in [1.82, 2.24) is 10.2 Å². The standard InChI is InChI=1S/C24H27N3O4S/c1-25-21(29)18-17-9-10-24(32-17)19(18)23(31)27(11-4-12-28)20(24)22(30)26-16-8-7-14-5-2-3-6-15(14)13-16/h2-3,5-8,13,17-20,28H,4,9-12H2,1H3,(H,25,29)(H,26,30)/t17-,18+,19-,20?,24?/m0/s1. The fraction of sp³-hybridized carbons (Fsp3) is 0.458. The van der Waals surface area contributed by atoms with Crippen molar-refractivity contribution in [2.24, 2.45) is 11.8 Å². The van der Waals surface area contributed by atoms with Gasteiger partial charge in [-0.25, -0.2) is 0 Å². The van der Waals surface area contributed by atoms with Gasteiger partial charge in [0, 0.05) is 31.1 Å². The average molecular weight is 454 g/mol. The van der Waals surface area contributed by atoms with Crippen molar-refractivity contribution in [3.05, 3.63) is 42.5 Å². The lowest BCUT2D eigenvalue weighted by Crippen LogP contribution is -2.51. The molecule has 2 aromatic rings. The Labute approximate surface area is 190 Å². The molecule has 3 heterocycles. The maximum absolute atomic E-state index is 13.7. The number of nitrogens with one attached hydrogen (secondary N) is 2. The molecule has 5 atom stereocenters. The van der Waals surface area contributed by atoms with Gasteiger partial charge in [0.25, 0.3) is 0 Å². The van der Waals surface area contributed by atoms with Crippen LogP contribution >= 0.6 is 11.8 Å². The number of anilines is 1. The summed E-state index contributed by atoms with van der Waals surface area (Å²) < 4.78 is -0.602. The summed E-state index contributed by atoms with van der Waals surface area (Å²) in [5, 5.41) is 17.3. The lowest BCUT2D eigenvalue weighted by Gasteiger charge is -2.34. The first kappa shape index (κ1) is 21.3. The number of benzene rings is 2. The molecule has 3 amide bonds. The SMILES string of the molecule is CNC(=O)[C@@H]1[C@@H]2CCC3(S2)C(C(=O)Nc2ccc4ccccc4c2)N(CCCO)C(=O)[C@H]13. The number of aliphatic hydroxyl groups is 1. The molecule has 7 nitrogen and oxygen atoms in total. The molecule has 1 spiro atoms. The fourth-order valence-corrected chi connectivity index (χ4v) is 8.10. The van der Waals surface area contributed by atoms with Gasteiger partial charge in [0.2, 0.25) is 17.7 Å². The van der Waals surface area contributed by atoms with Crippen molar-refractivity contribution in [2.75, 3.05) is 25.5 Å². The molecule has 2 bridgehead atoms. The fourth-order valence-electron chi connectivity index (χ4n) is 5.88. The van der Waals surface area contributed by atoms with Gasteiger partial charge in [-0.15, -0.1) is 11.8 Å². The Hall–Kier alpha value is -2.58. The molecule has 3 aliphatic rings. The second-order valence-electron chi connectivity index (χ2n) is 8.83. The van der Waals surface area contributed by atoms with Gasteiger partial charge in [-0.3, -0.25) is 14.4 Å². The van der Waals surface area contributed by atoms with E-state index in [1.165, 1.54) is 0 Å². The van der Waals surface area contributed by atoms with E-state index < -0.39 is 22.6 Å². The van der Waals surface area contributed by atoms with Gasteiger partial charge in [-0.05, 0) is 42.2 Å². The molecule has 0 aromatic heterocycles. The van der Waals surface area contributed by atoms with E-state index in [9.17, 15) is 19.5 Å². The van der Waals surface area contributed by atoms with Crippen LogP contribution in [0.2, 0.25) is 0 Å². The van der Waals surface area contributed by atoms with E-state index in [1.807, 2.05) is 42.5 Å². The molecule has 2 unspecified atom stereocenters. The van der Waals surface area contributed by atoms with Gasteiger partial charge in [0.15, 0.2) is 0 Å². The van der Waals surface area contributed by atoms with Gasteiger partial charge in [-0.2, -0.15) is 0 Å². The van der Waals surface area contributed by atoms with Crippen molar-refractivity contribution in [3.63, 3.8) is 0 Å². The number of hydrogen-bond donors (Lipinski definition) is 3. The van der Waals surface area contributed by atoms with Crippen LogP contribution in [0.1, 0.15) is 19.3 Å². The number of amides is 3. The summed E-state index contributed by atoms with van der Waals surface area (Å²) in [6, 6.07) is 13.0. The van der Waals surface area contributed by atoms with E-state index in [2.05, 4.69) is 10.6 Å². The van der Waals surface area contributed by atoms with E-state index in [0.717, 1.165) is 23.6 Å². The number of carbonyl (C=O) groups is 3. The van der Waals surface area contributed by atoms with Crippen molar-refractivity contribution in [2.45, 2.75) is 35.3 Å². The number of likely N-dealkylation sites (tertiary alicyclic amines) is 1. The highest BCUT2D eigenvalue weighted by atomic mass is 32.2. The Morgan fingerprint density at radius 3 is 2.72 bits per heavy atom. The van der Waals surface area contributed by atoms with Crippen LogP contribution in [-0.2, 0) is 14.4 Å². The highest BCUT2D eigenvalue weighted by Gasteiger charge is 2.73. The monoisotopic (exact) mass is 453 g/mol. The highest BCUT2D eigenvalue weighted by molar-refractivity contribution is 8.02. The maximum atomic E-state index is 13.7. The third-order valence-electron chi connectivity index (χ3n) is 7.17. The van der Waals surface area contributed by atoms with E-state index in [4.69, 9.17) is 0 Å². The molecule has 0 radical (unpaired) electrons. The summed E-state index contributed by atoms with van der Waals surface area (Å²) in [4.78, 5) is 41.5. The molecular formula is C24H27N3O4S. The second kappa shape index (κ2) is 8.08. The Kier molecular flexibility index (Phi) is 5.37. The number of fused-ring (bicyclic) bond motifs is 2. The van der Waals surface area contributed by atoms with Gasteiger partial charge < -0.3 is 20.6 Å². The van der Waals surface area contributed by atoms with Crippen molar-refractivity contribution < 1.29 is 19.5 Å². The third-order valence-corrected chi connectivity index (χ3v) is 9.12. The summed E-state index contributed by atoms with van der Waals surface area (Å²) in [6.07, 6.45) is 1.95. The van der Waals surface area contributed by atoms with Crippen LogP contribution in [0.4, 0.5) is 5.69 Å². The van der Waals surface area contributed by atoms with Crippen molar-refractivity contribution in [3.8, 4) is 0 Å². The first-order valence-corrected chi connectivity index (χ1v) is 12.0. The van der Waals surface area contributed by atoms with E-state index >= 15 is 0 Å². The van der Waals surface area contributed by atoms with Crippen molar-refractivity contribution >= 4 is 45.9 Å². The zero-order valence-electron chi connectivity index (χ0n) is 17.9. The molecule has 0 aliphatic carbocycles. The Balaban J connectivity index is 1.49. The Morgan fingerprint density at radius 2 is 1.97 bits per heavy atom. The second-order valence-corrected chi connectivity index (χ2v) is 10.4. The zero-order valence-corrected chi connectivity index (χ0v) is 18.7. The lowest BCUT2D eigenvalue weighted by molar-refractivity contribution is -0.139. The molecule has 2 aromatic carbocycles. The predicted octanol–water partition coefficient (Wildman–Crippen LogP) is 2.00. The molecule has 0 saturated carbocycles. The van der Waals surface area contributed by atoms with Gasteiger partial charge >= 0.3 is 0 Å². The van der Waals surface area contributed by atoms with Crippen LogP contribution in [0, 0.1) is 11.8 Å². The summed E-state index contributed by atoms with van der Waals surface area (Å²) in [5.41, 5.74) is 0.684. The first-order chi connectivity index (χ1) is 15.5. The van der Waals surface area contributed by atoms with Gasteiger partial charge in [-0.1, -0.05) is 30.3 Å². The minimum Gasteiger partial charge on any atom is -0.396 e. The number of carbonyl (C=O) groups excluding carboxylic acids is 3. The first-order valence-electron chi connectivity index (χ1n) is 11.1. The van der Waals surface area contributed by atoms with Crippen LogP contribution in [-0.4, -0.2) is 64.0 Å². The summed E-state index contributed by atoms with van der Waals surface area (Å²) in [6.45, 7) is 0.240. The third kappa shape index (κ3) is 3.11. The quantitative estimate of drug-likeness (QED) is 0.621. The van der Waals surface area contributed by atoms with Crippen LogP contribution < -0.4 is 10.6 Å². The molecular weight excluding hydrogens is 426 g/mol. The predicted molar refractivity (Wildman–Crippen MR) is 124 cm³/mol. The number of nitrogens with zero attached hydrogens (tertiary/aromatic N) is 1. The van der Waals surface area contributed by atoms with Crippen LogP contribution in [0.25, 0.3) is 10.8 Å². The van der Waals surface area contributed by atoms with E-state index in [1.54, 1.807) is 23.7 Å². The number of rotatable bonds is 6.